The Balaban J connectivity index is 2.26. The molecule has 19 heavy (non-hydrogen) atoms. The minimum atomic E-state index is -3.73. The number of piperazine rings is 1. The van der Waals surface area contributed by atoms with Crippen molar-refractivity contribution in [3.8, 4) is 0 Å². The summed E-state index contributed by atoms with van der Waals surface area (Å²) in [7, 11) is -7.00. The van der Waals surface area contributed by atoms with E-state index in [1.54, 1.807) is 6.92 Å². The van der Waals surface area contributed by atoms with Gasteiger partial charge in [0.25, 0.3) is 0 Å². The third-order valence-electron chi connectivity index (χ3n) is 3.61. The molecule has 0 radical (unpaired) electrons. The van der Waals surface area contributed by atoms with Gasteiger partial charge in [-0.2, -0.15) is 4.31 Å². The van der Waals surface area contributed by atoms with Crippen molar-refractivity contribution < 1.29 is 21.6 Å². The highest BCUT2D eigenvalue weighted by atomic mass is 32.2. The Kier molecular flexibility index (Phi) is 3.90. The first-order chi connectivity index (χ1) is 8.78. The molecule has 0 spiro atoms. The molecule has 1 N–H and O–H groups in total. The summed E-state index contributed by atoms with van der Waals surface area (Å²) in [6, 6.07) is -0.720. The molecule has 110 valence electrons. The van der Waals surface area contributed by atoms with Gasteiger partial charge in [0.15, 0.2) is 9.84 Å². The molecule has 0 aromatic heterocycles. The lowest BCUT2D eigenvalue weighted by molar-refractivity contribution is -0.126. The van der Waals surface area contributed by atoms with Gasteiger partial charge in [-0.1, -0.05) is 6.92 Å². The molecule has 0 aromatic carbocycles. The second kappa shape index (κ2) is 5.02. The first-order valence-electron chi connectivity index (χ1n) is 6.26. The average molecular weight is 310 g/mol. The summed E-state index contributed by atoms with van der Waals surface area (Å²) in [6.07, 6.45) is 0.504. The largest absolute Gasteiger partial charge is 0.353 e. The van der Waals surface area contributed by atoms with Crippen LogP contribution in [0, 0.1) is 0 Å². The minimum Gasteiger partial charge on any atom is -0.353 e. The maximum atomic E-state index is 12.5. The van der Waals surface area contributed by atoms with Crippen molar-refractivity contribution in [3.05, 3.63) is 0 Å². The Bertz CT molecular complexity index is 569. The standard InChI is InChI=1S/C10H18N2O5S2/c1-2-9-10(13)11-4-5-12(9)19(16,17)8-3-6-18(14,15)7-8/h8-9H,2-7H2,1H3,(H,11,13). The number of hydrogen-bond donors (Lipinski definition) is 1. The summed E-state index contributed by atoms with van der Waals surface area (Å²) < 4.78 is 49.0. The number of sulfonamides is 1. The minimum absolute atomic E-state index is 0.0896. The Hall–Kier alpha value is -0.670. The van der Waals surface area contributed by atoms with Crippen LogP contribution in [0.25, 0.3) is 0 Å². The molecule has 2 atom stereocenters. The highest BCUT2D eigenvalue weighted by molar-refractivity contribution is 7.95. The molecular weight excluding hydrogens is 292 g/mol. The Morgan fingerprint density at radius 2 is 2.11 bits per heavy atom. The predicted octanol–water partition coefficient (Wildman–Crippen LogP) is -1.29. The summed E-state index contributed by atoms with van der Waals surface area (Å²) in [5.41, 5.74) is 0. The molecule has 2 unspecified atom stereocenters. The van der Waals surface area contributed by atoms with E-state index in [2.05, 4.69) is 5.32 Å². The van der Waals surface area contributed by atoms with E-state index in [0.717, 1.165) is 0 Å². The van der Waals surface area contributed by atoms with Gasteiger partial charge >= 0.3 is 0 Å². The molecule has 7 nitrogen and oxygen atoms in total. The lowest BCUT2D eigenvalue weighted by atomic mass is 10.2. The lowest BCUT2D eigenvalue weighted by Crippen LogP contribution is -2.58. The van der Waals surface area contributed by atoms with Gasteiger partial charge in [-0.3, -0.25) is 4.79 Å². The van der Waals surface area contributed by atoms with Crippen LogP contribution in [0.15, 0.2) is 0 Å². The van der Waals surface area contributed by atoms with Gasteiger partial charge in [-0.05, 0) is 12.8 Å². The van der Waals surface area contributed by atoms with Crippen LogP contribution in [0.5, 0.6) is 0 Å². The maximum absolute atomic E-state index is 12.5. The lowest BCUT2D eigenvalue weighted by Gasteiger charge is -2.34. The summed E-state index contributed by atoms with van der Waals surface area (Å²) in [5.74, 6) is -0.726. The van der Waals surface area contributed by atoms with Gasteiger partial charge < -0.3 is 5.32 Å². The van der Waals surface area contributed by atoms with Crippen LogP contribution in [0.3, 0.4) is 0 Å². The molecule has 2 rings (SSSR count). The van der Waals surface area contributed by atoms with Crippen molar-refractivity contribution in [2.45, 2.75) is 31.1 Å². The van der Waals surface area contributed by atoms with Crippen molar-refractivity contribution >= 4 is 25.8 Å². The number of carbonyl (C=O) groups excluding carboxylic acids is 1. The number of hydrogen-bond acceptors (Lipinski definition) is 5. The SMILES string of the molecule is CCC1C(=O)NCCN1S(=O)(=O)C1CCS(=O)(=O)C1. The molecule has 0 saturated carbocycles. The van der Waals surface area contributed by atoms with Gasteiger partial charge in [0, 0.05) is 13.1 Å². The van der Waals surface area contributed by atoms with Gasteiger partial charge in [-0.15, -0.1) is 0 Å². The van der Waals surface area contributed by atoms with E-state index in [9.17, 15) is 21.6 Å². The molecular formula is C10H18N2O5S2. The normalized spacial score (nSPS) is 32.2. The van der Waals surface area contributed by atoms with Crippen molar-refractivity contribution in [2.24, 2.45) is 0 Å². The van der Waals surface area contributed by atoms with Crippen LogP contribution in [0.2, 0.25) is 0 Å². The van der Waals surface area contributed by atoms with Crippen molar-refractivity contribution in [2.75, 3.05) is 24.6 Å². The Morgan fingerprint density at radius 1 is 1.42 bits per heavy atom. The highest BCUT2D eigenvalue weighted by Crippen LogP contribution is 2.25. The highest BCUT2D eigenvalue weighted by Gasteiger charge is 2.44. The number of amides is 1. The molecule has 2 saturated heterocycles. The second-order valence-electron chi connectivity index (χ2n) is 4.90. The first kappa shape index (κ1) is 14.7. The zero-order valence-electron chi connectivity index (χ0n) is 10.7. The molecule has 2 heterocycles. The monoisotopic (exact) mass is 310 g/mol. The van der Waals surface area contributed by atoms with Crippen LogP contribution in [0.1, 0.15) is 19.8 Å². The van der Waals surface area contributed by atoms with Crippen molar-refractivity contribution in [1.82, 2.24) is 9.62 Å². The maximum Gasteiger partial charge on any atom is 0.238 e. The molecule has 2 aliphatic rings. The summed E-state index contributed by atoms with van der Waals surface area (Å²) in [6.45, 7) is 2.22. The quantitative estimate of drug-likeness (QED) is 0.699. The van der Waals surface area contributed by atoms with Gasteiger partial charge in [0.2, 0.25) is 15.9 Å². The third kappa shape index (κ3) is 2.77. The summed E-state index contributed by atoms with van der Waals surface area (Å²) >= 11 is 0. The van der Waals surface area contributed by atoms with Crippen LogP contribution >= 0.6 is 0 Å². The Labute approximate surface area is 113 Å². The topological polar surface area (TPSA) is 101 Å². The van der Waals surface area contributed by atoms with Gasteiger partial charge in [0.1, 0.15) is 6.04 Å². The van der Waals surface area contributed by atoms with E-state index in [0.29, 0.717) is 6.42 Å². The van der Waals surface area contributed by atoms with Gasteiger partial charge in [0.05, 0.1) is 16.8 Å². The van der Waals surface area contributed by atoms with E-state index in [1.165, 1.54) is 4.31 Å². The molecule has 2 fully saturated rings. The smallest absolute Gasteiger partial charge is 0.238 e. The van der Waals surface area contributed by atoms with E-state index >= 15 is 0 Å². The molecule has 0 aromatic rings. The Morgan fingerprint density at radius 3 is 2.63 bits per heavy atom. The van der Waals surface area contributed by atoms with E-state index in [4.69, 9.17) is 0 Å². The fraction of sp³-hybridized carbons (Fsp3) is 0.900. The van der Waals surface area contributed by atoms with E-state index in [-0.39, 0.29) is 36.9 Å². The fourth-order valence-electron chi connectivity index (χ4n) is 2.57. The first-order valence-corrected chi connectivity index (χ1v) is 9.59. The van der Waals surface area contributed by atoms with Crippen LogP contribution in [0.4, 0.5) is 0 Å². The molecule has 0 aliphatic carbocycles. The second-order valence-corrected chi connectivity index (χ2v) is 9.29. The van der Waals surface area contributed by atoms with Gasteiger partial charge in [-0.25, -0.2) is 16.8 Å². The number of sulfone groups is 1. The zero-order valence-corrected chi connectivity index (χ0v) is 12.3. The number of rotatable bonds is 3. The zero-order chi connectivity index (χ0) is 14.3. The third-order valence-corrected chi connectivity index (χ3v) is 7.92. The number of nitrogens with one attached hydrogen (secondary N) is 1. The van der Waals surface area contributed by atoms with Crippen LogP contribution in [-0.2, 0) is 24.7 Å². The van der Waals surface area contributed by atoms with E-state index in [1.807, 2.05) is 0 Å². The fourth-order valence-corrected chi connectivity index (χ4v) is 7.32. The number of nitrogens with zero attached hydrogens (tertiary/aromatic N) is 1. The van der Waals surface area contributed by atoms with Crippen LogP contribution in [-0.4, -0.2) is 62.9 Å². The summed E-state index contributed by atoms with van der Waals surface area (Å²) in [4.78, 5) is 11.7. The average Bonchev–Trinajstić information content (AvgIpc) is 2.70. The van der Waals surface area contributed by atoms with Crippen molar-refractivity contribution in [3.63, 3.8) is 0 Å². The predicted molar refractivity (Wildman–Crippen MR) is 69.8 cm³/mol. The van der Waals surface area contributed by atoms with Crippen molar-refractivity contribution in [1.29, 1.82) is 0 Å². The van der Waals surface area contributed by atoms with E-state index < -0.39 is 31.2 Å². The van der Waals surface area contributed by atoms with Crippen LogP contribution < -0.4 is 5.32 Å². The number of carbonyl (C=O) groups is 1. The molecule has 9 heteroatoms. The molecule has 2 aliphatic heterocycles. The summed E-state index contributed by atoms with van der Waals surface area (Å²) in [5, 5.41) is 1.72. The molecule has 1 amide bonds. The molecule has 0 bridgehead atoms.